The molecule has 0 bridgehead atoms. The number of nitrogens with one attached hydrogen (secondary N) is 1. The molecule has 0 saturated carbocycles. The van der Waals surface area contributed by atoms with Crippen LogP contribution in [-0.4, -0.2) is 69.3 Å². The Hall–Kier alpha value is -3.07. The van der Waals surface area contributed by atoms with E-state index in [2.05, 4.69) is 5.32 Å². The number of benzene rings is 2. The van der Waals surface area contributed by atoms with Crippen molar-refractivity contribution in [2.45, 2.75) is 44.1 Å². The minimum atomic E-state index is -2.60. The van der Waals surface area contributed by atoms with Gasteiger partial charge in [-0.2, -0.15) is 0 Å². The van der Waals surface area contributed by atoms with Crippen molar-refractivity contribution in [2.24, 2.45) is 0 Å². The first-order valence-corrected chi connectivity index (χ1v) is 12.5. The van der Waals surface area contributed by atoms with Crippen LogP contribution >= 0.6 is 0 Å². The van der Waals surface area contributed by atoms with Gasteiger partial charge in [0.1, 0.15) is 24.7 Å². The second-order valence-corrected chi connectivity index (χ2v) is 9.21. The van der Waals surface area contributed by atoms with Crippen molar-refractivity contribution < 1.29 is 32.5 Å². The van der Waals surface area contributed by atoms with E-state index in [0.717, 1.165) is 22.8 Å². The van der Waals surface area contributed by atoms with Crippen LogP contribution in [0.4, 0.5) is 8.78 Å². The van der Waals surface area contributed by atoms with Gasteiger partial charge in [0.15, 0.2) is 11.5 Å². The van der Waals surface area contributed by atoms with Crippen molar-refractivity contribution in [1.82, 2.24) is 10.2 Å². The van der Waals surface area contributed by atoms with Gasteiger partial charge in [0.25, 0.3) is 5.92 Å². The smallest absolute Gasteiger partial charge is 0.250 e. The van der Waals surface area contributed by atoms with E-state index in [4.69, 9.17) is 18.9 Å². The highest BCUT2D eigenvalue weighted by atomic mass is 19.3. The highest BCUT2D eigenvalue weighted by Gasteiger charge is 2.34. The zero-order chi connectivity index (χ0) is 25.4. The van der Waals surface area contributed by atoms with E-state index in [-0.39, 0.29) is 37.8 Å². The predicted molar refractivity (Wildman–Crippen MR) is 131 cm³/mol. The maximum Gasteiger partial charge on any atom is 0.250 e. The minimum absolute atomic E-state index is 0.127. The molecule has 196 valence electrons. The van der Waals surface area contributed by atoms with Gasteiger partial charge < -0.3 is 29.2 Å². The Morgan fingerprint density at radius 3 is 2.47 bits per heavy atom. The average molecular weight is 505 g/mol. The molecule has 1 fully saturated rings. The molecular formula is C27H34F2N2O5. The molecule has 0 radical (unpaired) electrons. The van der Waals surface area contributed by atoms with Gasteiger partial charge in [0, 0.05) is 38.5 Å². The van der Waals surface area contributed by atoms with Crippen molar-refractivity contribution in [1.29, 1.82) is 0 Å². The number of fused-ring (bicyclic) bond motifs is 1. The molecule has 0 unspecified atom stereocenters. The number of piperidine rings is 1. The molecule has 2 aromatic rings. The number of hydrogen-bond donors (Lipinski definition) is 1. The molecule has 7 nitrogen and oxygen atoms in total. The van der Waals surface area contributed by atoms with Crippen LogP contribution in [0, 0.1) is 0 Å². The van der Waals surface area contributed by atoms with Gasteiger partial charge in [-0.1, -0.05) is 6.07 Å². The van der Waals surface area contributed by atoms with Gasteiger partial charge in [-0.05, 0) is 54.8 Å². The third-order valence-electron chi connectivity index (χ3n) is 6.48. The summed E-state index contributed by atoms with van der Waals surface area (Å²) in [7, 11) is 1.60. The van der Waals surface area contributed by atoms with Gasteiger partial charge in [-0.25, -0.2) is 8.78 Å². The van der Waals surface area contributed by atoms with Crippen molar-refractivity contribution in [3.8, 4) is 23.0 Å². The van der Waals surface area contributed by atoms with Crippen molar-refractivity contribution in [2.75, 3.05) is 46.6 Å². The van der Waals surface area contributed by atoms with Crippen molar-refractivity contribution in [3.05, 3.63) is 48.0 Å². The number of rotatable bonds is 11. The maximum absolute atomic E-state index is 13.6. The summed E-state index contributed by atoms with van der Waals surface area (Å²) in [5.74, 6) is 0.135. The van der Waals surface area contributed by atoms with Gasteiger partial charge in [0.05, 0.1) is 20.1 Å². The Kier molecular flexibility index (Phi) is 8.85. The molecule has 1 N–H and O–H groups in total. The normalized spacial score (nSPS) is 17.8. The van der Waals surface area contributed by atoms with Gasteiger partial charge in [-0.3, -0.25) is 4.79 Å². The molecular weight excluding hydrogens is 470 g/mol. The third kappa shape index (κ3) is 7.71. The highest BCUT2D eigenvalue weighted by molar-refractivity contribution is 5.76. The van der Waals surface area contributed by atoms with E-state index in [1.165, 1.54) is 0 Å². The standard InChI is InChI=1S/C27H34F2N2O5/c1-33-22-5-7-23(8-6-22)34-15-10-26(32)30-21(19-31-13-11-27(28,29)12-14-31)4-2-20-3-9-24-25(18-20)36-17-16-35-24/h3,5-9,18,21H,2,4,10-17,19H2,1H3,(H,30,32)/t21-/m0/s1. The fraction of sp³-hybridized carbons (Fsp3) is 0.519. The molecule has 1 amide bonds. The van der Waals surface area contributed by atoms with Gasteiger partial charge in [0.2, 0.25) is 5.91 Å². The number of methoxy groups -OCH3 is 1. The van der Waals surface area contributed by atoms with Gasteiger partial charge in [-0.15, -0.1) is 0 Å². The predicted octanol–water partition coefficient (Wildman–Crippen LogP) is 4.08. The summed E-state index contributed by atoms with van der Waals surface area (Å²) in [6.45, 7) is 2.48. The number of carbonyl (C=O) groups is 1. The molecule has 2 aliphatic rings. The topological polar surface area (TPSA) is 69.3 Å². The lowest BCUT2D eigenvalue weighted by molar-refractivity contribution is -0.122. The fourth-order valence-electron chi connectivity index (χ4n) is 4.40. The molecule has 0 spiro atoms. The Morgan fingerprint density at radius 2 is 1.75 bits per heavy atom. The zero-order valence-corrected chi connectivity index (χ0v) is 20.6. The minimum Gasteiger partial charge on any atom is -0.497 e. The van der Waals surface area contributed by atoms with Crippen LogP contribution in [0.25, 0.3) is 0 Å². The molecule has 1 atom stereocenters. The number of nitrogens with zero attached hydrogens (tertiary/aromatic N) is 1. The van der Waals surface area contributed by atoms with E-state index in [1.807, 2.05) is 23.1 Å². The van der Waals surface area contributed by atoms with Crippen LogP contribution in [-0.2, 0) is 11.2 Å². The summed E-state index contributed by atoms with van der Waals surface area (Å²) >= 11 is 0. The molecule has 1 saturated heterocycles. The first-order chi connectivity index (χ1) is 17.4. The van der Waals surface area contributed by atoms with E-state index in [0.29, 0.717) is 51.4 Å². The first-order valence-electron chi connectivity index (χ1n) is 12.5. The highest BCUT2D eigenvalue weighted by Crippen LogP contribution is 2.31. The molecule has 9 heteroatoms. The van der Waals surface area contributed by atoms with E-state index in [1.54, 1.807) is 31.4 Å². The summed E-state index contributed by atoms with van der Waals surface area (Å²) in [5.41, 5.74) is 1.08. The largest absolute Gasteiger partial charge is 0.497 e. The van der Waals surface area contributed by atoms with E-state index >= 15 is 0 Å². The van der Waals surface area contributed by atoms with Crippen LogP contribution in [0.15, 0.2) is 42.5 Å². The summed E-state index contributed by atoms with van der Waals surface area (Å²) in [4.78, 5) is 14.7. The van der Waals surface area contributed by atoms with Gasteiger partial charge >= 0.3 is 0 Å². The van der Waals surface area contributed by atoms with Crippen LogP contribution in [0.3, 0.4) is 0 Å². The SMILES string of the molecule is COc1ccc(OCCC(=O)N[C@@H](CCc2ccc3c(c2)OCCO3)CN2CCC(F)(F)CC2)cc1. The van der Waals surface area contributed by atoms with Crippen molar-refractivity contribution in [3.63, 3.8) is 0 Å². The van der Waals surface area contributed by atoms with E-state index < -0.39 is 5.92 Å². The lowest BCUT2D eigenvalue weighted by Gasteiger charge is -2.34. The first kappa shape index (κ1) is 26.0. The third-order valence-corrected chi connectivity index (χ3v) is 6.48. The monoisotopic (exact) mass is 504 g/mol. The zero-order valence-electron chi connectivity index (χ0n) is 20.6. The Morgan fingerprint density at radius 1 is 1.06 bits per heavy atom. The maximum atomic E-state index is 13.6. The Bertz CT molecular complexity index is 992. The number of alkyl halides is 2. The summed E-state index contributed by atoms with van der Waals surface area (Å²) in [6.07, 6.45) is 1.30. The lowest BCUT2D eigenvalue weighted by Crippen LogP contribution is -2.48. The fourth-order valence-corrected chi connectivity index (χ4v) is 4.40. The number of hydrogen-bond acceptors (Lipinski definition) is 6. The lowest BCUT2D eigenvalue weighted by atomic mass is 10.0. The van der Waals surface area contributed by atoms with Crippen LogP contribution in [0.2, 0.25) is 0 Å². The number of likely N-dealkylation sites (tertiary alicyclic amines) is 1. The molecule has 0 aliphatic carbocycles. The number of aryl methyl sites for hydroxylation is 1. The second kappa shape index (κ2) is 12.3. The molecule has 2 aromatic carbocycles. The molecule has 36 heavy (non-hydrogen) atoms. The quantitative estimate of drug-likeness (QED) is 0.497. The summed E-state index contributed by atoms with van der Waals surface area (Å²) < 4.78 is 49.3. The summed E-state index contributed by atoms with van der Waals surface area (Å²) in [6, 6.07) is 12.9. The van der Waals surface area contributed by atoms with Crippen LogP contribution < -0.4 is 24.3 Å². The Labute approximate surface area is 210 Å². The number of ether oxygens (including phenoxy) is 4. The molecule has 2 aliphatic heterocycles. The second-order valence-electron chi connectivity index (χ2n) is 9.21. The molecule has 2 heterocycles. The molecule has 0 aromatic heterocycles. The number of amides is 1. The Balaban J connectivity index is 1.30. The van der Waals surface area contributed by atoms with Crippen molar-refractivity contribution >= 4 is 5.91 Å². The average Bonchev–Trinajstić information content (AvgIpc) is 2.88. The number of halogens is 2. The number of carbonyl (C=O) groups excluding carboxylic acids is 1. The summed E-state index contributed by atoms with van der Waals surface area (Å²) in [5, 5.41) is 3.10. The van der Waals surface area contributed by atoms with E-state index in [9.17, 15) is 13.6 Å². The van der Waals surface area contributed by atoms with Crippen LogP contribution in [0.1, 0.15) is 31.2 Å². The molecule has 4 rings (SSSR count). The van der Waals surface area contributed by atoms with Crippen LogP contribution in [0.5, 0.6) is 23.0 Å².